The van der Waals surface area contributed by atoms with E-state index in [0.717, 1.165) is 24.0 Å². The summed E-state index contributed by atoms with van der Waals surface area (Å²) in [5.74, 6) is -0.814. The highest BCUT2D eigenvalue weighted by molar-refractivity contribution is 7.73. The zero-order valence-electron chi connectivity index (χ0n) is 18.0. The van der Waals surface area contributed by atoms with Crippen LogP contribution < -0.4 is 0 Å². The highest BCUT2D eigenvalue weighted by Gasteiger charge is 2.34. The number of rotatable bonds is 12. The number of hydrogen-bond donors (Lipinski definition) is 2. The molecule has 0 saturated heterocycles. The second kappa shape index (κ2) is 12.0. The van der Waals surface area contributed by atoms with Crippen molar-refractivity contribution in [3.63, 3.8) is 0 Å². The van der Waals surface area contributed by atoms with E-state index in [-0.39, 0.29) is 13.0 Å². The molecule has 0 radical (unpaired) electrons. The molecule has 1 aromatic rings. The Morgan fingerprint density at radius 1 is 1.17 bits per heavy atom. The van der Waals surface area contributed by atoms with Gasteiger partial charge in [-0.2, -0.15) is 0 Å². The zero-order chi connectivity index (χ0) is 22.1. The molecule has 29 heavy (non-hydrogen) atoms. The summed E-state index contributed by atoms with van der Waals surface area (Å²) in [7, 11) is -8.07. The van der Waals surface area contributed by atoms with Crippen molar-refractivity contribution in [2.24, 2.45) is 0 Å². The monoisotopic (exact) mass is 444 g/mol. The molecule has 6 nitrogen and oxygen atoms in total. The van der Waals surface area contributed by atoms with Crippen molar-refractivity contribution >= 4 is 21.0 Å². The normalized spacial score (nSPS) is 14.7. The van der Waals surface area contributed by atoms with E-state index >= 15 is 0 Å². The molecule has 0 spiro atoms. The first-order chi connectivity index (χ1) is 13.4. The van der Waals surface area contributed by atoms with E-state index in [1.807, 2.05) is 24.3 Å². The Balaban J connectivity index is 2.72. The molecule has 1 unspecified atom stereocenters. The summed E-state index contributed by atoms with van der Waals surface area (Å²) < 4.78 is 34.9. The molecule has 1 atom stereocenters. The van der Waals surface area contributed by atoms with Crippen LogP contribution in [0.4, 0.5) is 0 Å². The molecule has 1 rings (SSSR count). The van der Waals surface area contributed by atoms with Crippen LogP contribution in [0.15, 0.2) is 41.5 Å². The first kappa shape index (κ1) is 26.0. The number of allylic oxidation sites excluding steroid dienone is 3. The number of benzene rings is 1. The standard InChI is InChI=1S/C21H34O6P2/c1-17(2)8-6-9-19(5)12-20-10-7-11-21(13-20)14-26-15-28(22,27-18(3)4)16-29(23,24)25/h7-8,10-13,18H,6,9,14-16H2,1-5H3,(H2,23,24,25). The van der Waals surface area contributed by atoms with Crippen molar-refractivity contribution in [3.05, 3.63) is 52.6 Å². The summed E-state index contributed by atoms with van der Waals surface area (Å²) in [5.41, 5.74) is 4.53. The molecule has 0 fully saturated rings. The predicted molar refractivity (Wildman–Crippen MR) is 119 cm³/mol. The minimum atomic E-state index is -4.48. The van der Waals surface area contributed by atoms with Crippen molar-refractivity contribution in [3.8, 4) is 0 Å². The van der Waals surface area contributed by atoms with Crippen molar-refractivity contribution in [1.29, 1.82) is 0 Å². The fourth-order valence-corrected chi connectivity index (χ4v) is 6.83. The summed E-state index contributed by atoms with van der Waals surface area (Å²) in [6, 6.07) is 7.82. The van der Waals surface area contributed by atoms with Crippen LogP contribution in [0, 0.1) is 0 Å². The van der Waals surface area contributed by atoms with Crippen LogP contribution in [0.1, 0.15) is 58.6 Å². The molecule has 8 heteroatoms. The Labute approximate surface area is 174 Å². The third kappa shape index (κ3) is 12.3. The fraction of sp³-hybridized carbons (Fsp3) is 0.524. The summed E-state index contributed by atoms with van der Waals surface area (Å²) in [6.07, 6.45) is 5.60. The molecule has 0 aliphatic heterocycles. The lowest BCUT2D eigenvalue weighted by molar-refractivity contribution is 0.141. The molecule has 0 bridgehead atoms. The van der Waals surface area contributed by atoms with Crippen LogP contribution in [-0.4, -0.2) is 28.1 Å². The predicted octanol–water partition coefficient (Wildman–Crippen LogP) is 6.15. The van der Waals surface area contributed by atoms with Crippen LogP contribution in [0.25, 0.3) is 6.08 Å². The molecule has 0 saturated carbocycles. The third-order valence-electron chi connectivity index (χ3n) is 3.81. The van der Waals surface area contributed by atoms with Crippen LogP contribution in [-0.2, 0) is 25.0 Å². The molecule has 0 amide bonds. The molecule has 0 aliphatic rings. The average molecular weight is 444 g/mol. The van der Waals surface area contributed by atoms with Gasteiger partial charge in [0, 0.05) is 0 Å². The molecule has 2 N–H and O–H groups in total. The fourth-order valence-electron chi connectivity index (χ4n) is 2.79. The molecular formula is C21H34O6P2. The average Bonchev–Trinajstić information content (AvgIpc) is 2.51. The topological polar surface area (TPSA) is 93.1 Å². The number of ether oxygens (including phenoxy) is 1. The van der Waals surface area contributed by atoms with Crippen molar-refractivity contribution < 1.29 is 28.2 Å². The first-order valence-corrected chi connectivity index (χ1v) is 13.5. The Morgan fingerprint density at radius 2 is 1.86 bits per heavy atom. The van der Waals surface area contributed by atoms with Gasteiger partial charge in [0.05, 0.1) is 12.7 Å². The summed E-state index contributed by atoms with van der Waals surface area (Å²) in [6.45, 7) is 9.81. The molecule has 164 valence electrons. The van der Waals surface area contributed by atoms with Gasteiger partial charge in [-0.15, -0.1) is 0 Å². The van der Waals surface area contributed by atoms with E-state index < -0.39 is 27.0 Å². The van der Waals surface area contributed by atoms with Gasteiger partial charge in [-0.05, 0) is 64.7 Å². The lowest BCUT2D eigenvalue weighted by atomic mass is 10.1. The van der Waals surface area contributed by atoms with E-state index in [0.29, 0.717) is 0 Å². The Morgan fingerprint density at radius 3 is 2.45 bits per heavy atom. The maximum atomic E-state index is 12.7. The van der Waals surface area contributed by atoms with Gasteiger partial charge >= 0.3 is 7.60 Å². The quantitative estimate of drug-likeness (QED) is 0.297. The second-order valence-corrected chi connectivity index (χ2v) is 12.4. The lowest BCUT2D eigenvalue weighted by Gasteiger charge is -2.21. The van der Waals surface area contributed by atoms with Crippen LogP contribution in [0.5, 0.6) is 0 Å². The molecular weight excluding hydrogens is 410 g/mol. The van der Waals surface area contributed by atoms with E-state index in [1.165, 1.54) is 11.1 Å². The lowest BCUT2D eigenvalue weighted by Crippen LogP contribution is -2.09. The van der Waals surface area contributed by atoms with Gasteiger partial charge in [0.25, 0.3) is 0 Å². The van der Waals surface area contributed by atoms with Gasteiger partial charge in [-0.1, -0.05) is 41.5 Å². The largest absolute Gasteiger partial charge is 0.367 e. The van der Waals surface area contributed by atoms with E-state index in [4.69, 9.17) is 9.26 Å². The van der Waals surface area contributed by atoms with E-state index in [2.05, 4.69) is 32.9 Å². The minimum Gasteiger partial charge on any atom is -0.367 e. The summed E-state index contributed by atoms with van der Waals surface area (Å²) in [4.78, 5) is 18.4. The minimum absolute atomic E-state index is 0.186. The Bertz CT molecular complexity index is 803. The van der Waals surface area contributed by atoms with Gasteiger partial charge in [0.2, 0.25) is 7.37 Å². The van der Waals surface area contributed by atoms with Crippen molar-refractivity contribution in [1.82, 2.24) is 0 Å². The number of hydrogen-bond acceptors (Lipinski definition) is 4. The zero-order valence-corrected chi connectivity index (χ0v) is 19.8. The van der Waals surface area contributed by atoms with Crippen LogP contribution in [0.3, 0.4) is 0 Å². The maximum Gasteiger partial charge on any atom is 0.335 e. The Hall–Kier alpha value is -1.00. The van der Waals surface area contributed by atoms with Gasteiger partial charge in [0.15, 0.2) is 0 Å². The Kier molecular flexibility index (Phi) is 10.8. The molecule has 0 heterocycles. The first-order valence-electron chi connectivity index (χ1n) is 9.67. The van der Waals surface area contributed by atoms with Crippen molar-refractivity contribution in [2.75, 3.05) is 12.3 Å². The highest BCUT2D eigenvalue weighted by atomic mass is 31.2. The third-order valence-corrected chi connectivity index (χ3v) is 8.39. The van der Waals surface area contributed by atoms with Crippen LogP contribution >= 0.6 is 15.0 Å². The molecule has 1 aromatic carbocycles. The summed E-state index contributed by atoms with van der Waals surface area (Å²) in [5, 5.41) is 0. The highest BCUT2D eigenvalue weighted by Crippen LogP contribution is 2.58. The summed E-state index contributed by atoms with van der Waals surface area (Å²) >= 11 is 0. The van der Waals surface area contributed by atoms with Crippen LogP contribution in [0.2, 0.25) is 0 Å². The van der Waals surface area contributed by atoms with E-state index in [1.54, 1.807) is 13.8 Å². The second-order valence-electron chi connectivity index (χ2n) is 7.81. The van der Waals surface area contributed by atoms with E-state index in [9.17, 15) is 18.9 Å². The van der Waals surface area contributed by atoms with Gasteiger partial charge in [0.1, 0.15) is 12.3 Å². The van der Waals surface area contributed by atoms with Gasteiger partial charge in [-0.3, -0.25) is 9.13 Å². The van der Waals surface area contributed by atoms with Gasteiger partial charge in [-0.25, -0.2) is 0 Å². The SMILES string of the molecule is CC(C)=CCCC(C)=Cc1cccc(COCP(=O)(CP(=O)(O)O)OC(C)C)c1. The maximum absolute atomic E-state index is 12.7. The van der Waals surface area contributed by atoms with Crippen molar-refractivity contribution in [2.45, 2.75) is 60.2 Å². The molecule has 0 aliphatic carbocycles. The smallest absolute Gasteiger partial charge is 0.335 e. The van der Waals surface area contributed by atoms with Gasteiger partial charge < -0.3 is 19.0 Å². The molecule has 0 aromatic heterocycles.